The van der Waals surface area contributed by atoms with Gasteiger partial charge < -0.3 is 0 Å². The summed E-state index contributed by atoms with van der Waals surface area (Å²) in [5.74, 6) is -1.37. The number of benzene rings is 1. The molecule has 5 nitrogen and oxygen atoms in total. The van der Waals surface area contributed by atoms with Gasteiger partial charge in [0.05, 0.1) is 10.0 Å². The van der Waals surface area contributed by atoms with E-state index in [4.69, 9.17) is 11.6 Å². The molecule has 2 aromatic rings. The number of hydrogen-bond acceptors (Lipinski definition) is 4. The van der Waals surface area contributed by atoms with Gasteiger partial charge in [-0.05, 0) is 37.3 Å². The lowest BCUT2D eigenvalue weighted by atomic mass is 10.1. The molecule has 0 radical (unpaired) electrons. The molecular weight excluding hydrogens is 336 g/mol. The van der Waals surface area contributed by atoms with Gasteiger partial charge in [-0.25, -0.2) is 9.69 Å². The molecule has 0 aliphatic carbocycles. The summed E-state index contributed by atoms with van der Waals surface area (Å²) in [4.78, 5) is 38.2. The lowest BCUT2D eigenvalue weighted by molar-refractivity contribution is -0.122. The Morgan fingerprint density at radius 1 is 1.09 bits per heavy atom. The van der Waals surface area contributed by atoms with Crippen LogP contribution in [0.1, 0.15) is 10.4 Å². The van der Waals surface area contributed by atoms with Crippen molar-refractivity contribution in [1.82, 2.24) is 5.32 Å². The number of urea groups is 1. The molecule has 0 spiro atoms. The van der Waals surface area contributed by atoms with Crippen molar-refractivity contribution >= 4 is 52.5 Å². The molecule has 4 amide bonds. The average Bonchev–Trinajstić information content (AvgIpc) is 2.91. The van der Waals surface area contributed by atoms with Crippen molar-refractivity contribution in [2.24, 2.45) is 0 Å². The molecule has 23 heavy (non-hydrogen) atoms. The Bertz CT molecular complexity index is 839. The number of nitrogens with zero attached hydrogens (tertiary/aromatic N) is 1. The number of aryl methyl sites for hydroxylation is 1. The fraction of sp³-hybridized carbons (Fsp3) is 0.0625. The van der Waals surface area contributed by atoms with E-state index < -0.39 is 17.8 Å². The van der Waals surface area contributed by atoms with E-state index >= 15 is 0 Å². The molecule has 0 saturated carbocycles. The summed E-state index contributed by atoms with van der Waals surface area (Å²) < 4.78 is 0.548. The number of carbonyl (C=O) groups is 3. The summed E-state index contributed by atoms with van der Waals surface area (Å²) >= 11 is 7.09. The van der Waals surface area contributed by atoms with Crippen LogP contribution in [0, 0.1) is 6.92 Å². The first-order valence-corrected chi connectivity index (χ1v) is 7.88. The van der Waals surface area contributed by atoms with Crippen LogP contribution >= 0.6 is 22.9 Å². The van der Waals surface area contributed by atoms with E-state index in [1.165, 1.54) is 17.4 Å². The minimum absolute atomic E-state index is 0.108. The Hall–Kier alpha value is -2.44. The van der Waals surface area contributed by atoms with Crippen LogP contribution in [0.15, 0.2) is 42.0 Å². The van der Waals surface area contributed by atoms with Crippen LogP contribution in [0.4, 0.5) is 10.5 Å². The average molecular weight is 347 g/mol. The van der Waals surface area contributed by atoms with Crippen LogP contribution in [-0.4, -0.2) is 17.8 Å². The first-order valence-electron chi connectivity index (χ1n) is 6.69. The van der Waals surface area contributed by atoms with Gasteiger partial charge in [0, 0.05) is 4.88 Å². The zero-order valence-corrected chi connectivity index (χ0v) is 13.6. The number of anilines is 1. The van der Waals surface area contributed by atoms with Crippen molar-refractivity contribution in [2.45, 2.75) is 6.92 Å². The summed E-state index contributed by atoms with van der Waals surface area (Å²) in [6.45, 7) is 1.90. The highest BCUT2D eigenvalue weighted by molar-refractivity contribution is 7.17. The molecule has 1 aliphatic heterocycles. The van der Waals surface area contributed by atoms with Crippen molar-refractivity contribution in [2.75, 3.05) is 4.90 Å². The van der Waals surface area contributed by atoms with E-state index in [1.54, 1.807) is 36.4 Å². The zero-order valence-electron chi connectivity index (χ0n) is 12.0. The number of barbiturate groups is 1. The van der Waals surface area contributed by atoms with Gasteiger partial charge in [0.1, 0.15) is 5.57 Å². The van der Waals surface area contributed by atoms with Gasteiger partial charge in [0.25, 0.3) is 11.8 Å². The third-order valence-electron chi connectivity index (χ3n) is 3.27. The van der Waals surface area contributed by atoms with E-state index in [2.05, 4.69) is 5.32 Å². The number of thiophene rings is 1. The molecule has 1 fully saturated rings. The second-order valence-electron chi connectivity index (χ2n) is 4.94. The van der Waals surface area contributed by atoms with Crippen LogP contribution < -0.4 is 10.2 Å². The molecular formula is C16H11ClN2O3S. The smallest absolute Gasteiger partial charge is 0.273 e. The van der Waals surface area contributed by atoms with Gasteiger partial charge >= 0.3 is 6.03 Å². The quantitative estimate of drug-likeness (QED) is 0.669. The number of imide groups is 2. The molecule has 1 saturated heterocycles. The van der Waals surface area contributed by atoms with Gasteiger partial charge in [-0.3, -0.25) is 14.9 Å². The van der Waals surface area contributed by atoms with Crippen LogP contribution in [0.2, 0.25) is 4.34 Å². The van der Waals surface area contributed by atoms with Crippen molar-refractivity contribution in [1.29, 1.82) is 0 Å². The second kappa shape index (κ2) is 5.98. The number of nitrogens with one attached hydrogen (secondary N) is 1. The summed E-state index contributed by atoms with van der Waals surface area (Å²) in [5.41, 5.74) is 1.29. The van der Waals surface area contributed by atoms with Gasteiger partial charge in [-0.15, -0.1) is 11.3 Å². The number of halogens is 1. The minimum atomic E-state index is -0.759. The third kappa shape index (κ3) is 3.04. The molecule has 1 aliphatic rings. The number of carbonyl (C=O) groups excluding carboxylic acids is 3. The molecule has 0 atom stereocenters. The molecule has 3 rings (SSSR count). The Morgan fingerprint density at radius 3 is 2.39 bits per heavy atom. The third-order valence-corrected chi connectivity index (χ3v) is 4.45. The molecule has 116 valence electrons. The predicted octanol–water partition coefficient (Wildman–Crippen LogP) is 3.38. The largest absolute Gasteiger partial charge is 0.335 e. The van der Waals surface area contributed by atoms with E-state index in [0.29, 0.717) is 14.9 Å². The summed E-state index contributed by atoms with van der Waals surface area (Å²) in [5, 5.41) is 2.18. The zero-order chi connectivity index (χ0) is 16.6. The number of hydrogen-bond donors (Lipinski definition) is 1. The Kier molecular flexibility index (Phi) is 4.02. The first-order chi connectivity index (χ1) is 11.0. The highest BCUT2D eigenvalue weighted by atomic mass is 35.5. The van der Waals surface area contributed by atoms with Crippen LogP contribution in [0.25, 0.3) is 6.08 Å². The van der Waals surface area contributed by atoms with Gasteiger partial charge in [-0.1, -0.05) is 29.3 Å². The van der Waals surface area contributed by atoms with Gasteiger partial charge in [0.15, 0.2) is 0 Å². The highest BCUT2D eigenvalue weighted by Crippen LogP contribution is 2.26. The SMILES string of the molecule is Cc1ccc(N2C(=O)NC(=O)/C(=C\c3ccc(Cl)s3)C2=O)cc1. The van der Waals surface area contributed by atoms with Gasteiger partial charge in [-0.2, -0.15) is 0 Å². The highest BCUT2D eigenvalue weighted by Gasteiger charge is 2.36. The topological polar surface area (TPSA) is 66.5 Å². The lowest BCUT2D eigenvalue weighted by Crippen LogP contribution is -2.54. The Labute approximate surface area is 141 Å². The van der Waals surface area contributed by atoms with E-state index in [-0.39, 0.29) is 5.57 Å². The molecule has 0 unspecified atom stereocenters. The molecule has 1 N–H and O–H groups in total. The minimum Gasteiger partial charge on any atom is -0.273 e. The van der Waals surface area contributed by atoms with Crippen molar-refractivity contribution in [3.8, 4) is 0 Å². The number of rotatable bonds is 2. The summed E-state index contributed by atoms with van der Waals surface area (Å²) in [6.07, 6.45) is 1.43. The van der Waals surface area contributed by atoms with E-state index in [0.717, 1.165) is 10.5 Å². The molecule has 1 aromatic carbocycles. The van der Waals surface area contributed by atoms with E-state index in [1.807, 2.05) is 6.92 Å². The number of amides is 4. The van der Waals surface area contributed by atoms with E-state index in [9.17, 15) is 14.4 Å². The fourth-order valence-corrected chi connectivity index (χ4v) is 3.14. The maximum Gasteiger partial charge on any atom is 0.335 e. The van der Waals surface area contributed by atoms with Crippen molar-refractivity contribution < 1.29 is 14.4 Å². The van der Waals surface area contributed by atoms with Crippen molar-refractivity contribution in [3.63, 3.8) is 0 Å². The van der Waals surface area contributed by atoms with Gasteiger partial charge in [0.2, 0.25) is 0 Å². The predicted molar refractivity (Wildman–Crippen MR) is 89.5 cm³/mol. The second-order valence-corrected chi connectivity index (χ2v) is 6.68. The van der Waals surface area contributed by atoms with Crippen LogP contribution in [0.5, 0.6) is 0 Å². The Balaban J connectivity index is 2.00. The lowest BCUT2D eigenvalue weighted by Gasteiger charge is -2.26. The molecule has 7 heteroatoms. The standard InChI is InChI=1S/C16H11ClN2O3S/c1-9-2-4-10(5-3-9)19-15(21)12(14(20)18-16(19)22)8-11-6-7-13(17)23-11/h2-8H,1H3,(H,18,20,22)/b12-8+. The fourth-order valence-electron chi connectivity index (χ4n) is 2.13. The normalized spacial score (nSPS) is 16.9. The molecule has 1 aromatic heterocycles. The maximum absolute atomic E-state index is 12.6. The Morgan fingerprint density at radius 2 is 1.78 bits per heavy atom. The first kappa shape index (κ1) is 15.5. The molecule has 0 bridgehead atoms. The van der Waals surface area contributed by atoms with Crippen LogP contribution in [0.3, 0.4) is 0 Å². The summed E-state index contributed by atoms with van der Waals surface area (Å²) in [7, 11) is 0. The van der Waals surface area contributed by atoms with Crippen molar-refractivity contribution in [3.05, 3.63) is 56.7 Å². The maximum atomic E-state index is 12.6. The van der Waals surface area contributed by atoms with Crippen LogP contribution in [-0.2, 0) is 9.59 Å². The summed E-state index contributed by atoms with van der Waals surface area (Å²) in [6, 6.07) is 9.50. The molecule has 2 heterocycles. The monoisotopic (exact) mass is 346 g/mol.